The number of carboxylic acid groups (broad SMARTS) is 1. The second-order valence-electron chi connectivity index (χ2n) is 8.43. The van der Waals surface area contributed by atoms with Gasteiger partial charge in [0.25, 0.3) is 5.91 Å². The summed E-state index contributed by atoms with van der Waals surface area (Å²) in [6.45, 7) is 1.98. The number of carboxylic acids is 1. The number of nitrogens with zero attached hydrogens (tertiary/aromatic N) is 4. The summed E-state index contributed by atoms with van der Waals surface area (Å²) in [6.07, 6.45) is 4.47. The first-order chi connectivity index (χ1) is 16.3. The molecule has 0 saturated heterocycles. The molecule has 0 saturated carbocycles. The third-order valence-electron chi connectivity index (χ3n) is 5.59. The van der Waals surface area contributed by atoms with Crippen molar-refractivity contribution in [3.63, 3.8) is 0 Å². The largest absolute Gasteiger partial charge is 0.481 e. The summed E-state index contributed by atoms with van der Waals surface area (Å²) in [5.74, 6) is 0.513. The number of aliphatic carboxylic acids is 1. The highest BCUT2D eigenvalue weighted by atomic mass is 16.4. The van der Waals surface area contributed by atoms with Crippen LogP contribution in [-0.4, -0.2) is 45.4 Å². The molecule has 174 valence electrons. The summed E-state index contributed by atoms with van der Waals surface area (Å²) in [5.41, 5.74) is 4.99. The van der Waals surface area contributed by atoms with Crippen molar-refractivity contribution in [1.82, 2.24) is 14.4 Å². The van der Waals surface area contributed by atoms with E-state index < -0.39 is 5.97 Å². The predicted octanol–water partition coefficient (Wildman–Crippen LogP) is 3.96. The molecule has 0 aliphatic rings. The number of anilines is 2. The van der Waals surface area contributed by atoms with Gasteiger partial charge in [0.05, 0.1) is 0 Å². The van der Waals surface area contributed by atoms with Crippen molar-refractivity contribution >= 4 is 29.0 Å². The van der Waals surface area contributed by atoms with E-state index in [1.165, 1.54) is 0 Å². The number of fused-ring (bicyclic) bond motifs is 1. The van der Waals surface area contributed by atoms with Gasteiger partial charge in [-0.2, -0.15) is 0 Å². The Morgan fingerprint density at radius 3 is 2.41 bits per heavy atom. The van der Waals surface area contributed by atoms with Crippen molar-refractivity contribution in [2.24, 2.45) is 0 Å². The number of carbonyl (C=O) groups excluding carboxylic acids is 1. The molecule has 4 aromatic rings. The van der Waals surface area contributed by atoms with Gasteiger partial charge in [0.15, 0.2) is 0 Å². The highest BCUT2D eigenvalue weighted by molar-refractivity contribution is 6.04. The minimum Gasteiger partial charge on any atom is -0.481 e. The van der Waals surface area contributed by atoms with Crippen LogP contribution in [0.15, 0.2) is 60.9 Å². The molecular weight excluding hydrogens is 430 g/mol. The van der Waals surface area contributed by atoms with Crippen LogP contribution < -0.4 is 10.2 Å². The quantitative estimate of drug-likeness (QED) is 0.415. The smallest absolute Gasteiger partial charge is 0.303 e. The lowest BCUT2D eigenvalue weighted by atomic mass is 10.1. The van der Waals surface area contributed by atoms with Crippen LogP contribution >= 0.6 is 0 Å². The van der Waals surface area contributed by atoms with E-state index in [0.29, 0.717) is 24.1 Å². The zero-order chi connectivity index (χ0) is 24.2. The van der Waals surface area contributed by atoms with E-state index in [2.05, 4.69) is 10.3 Å². The van der Waals surface area contributed by atoms with Gasteiger partial charge in [0, 0.05) is 56.1 Å². The third-order valence-corrected chi connectivity index (χ3v) is 5.59. The average Bonchev–Trinajstić information content (AvgIpc) is 3.30. The molecule has 0 aliphatic heterocycles. The van der Waals surface area contributed by atoms with E-state index in [9.17, 15) is 9.59 Å². The molecule has 8 nitrogen and oxygen atoms in total. The van der Waals surface area contributed by atoms with Gasteiger partial charge in [0.1, 0.15) is 17.3 Å². The van der Waals surface area contributed by atoms with E-state index in [-0.39, 0.29) is 12.3 Å². The second kappa shape index (κ2) is 9.74. The van der Waals surface area contributed by atoms with Gasteiger partial charge in [-0.05, 0) is 43.2 Å². The first-order valence-electron chi connectivity index (χ1n) is 11.0. The molecule has 0 bridgehead atoms. The van der Waals surface area contributed by atoms with Crippen molar-refractivity contribution in [2.75, 3.05) is 24.3 Å². The fourth-order valence-corrected chi connectivity index (χ4v) is 3.83. The summed E-state index contributed by atoms with van der Waals surface area (Å²) in [7, 11) is 3.78. The Bertz CT molecular complexity index is 1330. The molecule has 0 radical (unpaired) electrons. The molecule has 2 heterocycles. The first kappa shape index (κ1) is 23.0. The normalized spacial score (nSPS) is 10.9. The Labute approximate surface area is 197 Å². The van der Waals surface area contributed by atoms with Crippen LogP contribution in [0.2, 0.25) is 0 Å². The number of rotatable bonds is 8. The maximum atomic E-state index is 12.5. The molecule has 0 unspecified atom stereocenters. The lowest BCUT2D eigenvalue weighted by Gasteiger charge is -2.19. The fraction of sp³-hybridized carbons (Fsp3) is 0.231. The Morgan fingerprint density at radius 2 is 1.76 bits per heavy atom. The number of hydrogen-bond acceptors (Lipinski definition) is 5. The minimum absolute atomic E-state index is 0.0140. The topological polar surface area (TPSA) is 99.8 Å². The number of benzene rings is 2. The molecule has 34 heavy (non-hydrogen) atoms. The highest BCUT2D eigenvalue weighted by Crippen LogP contribution is 2.25. The highest BCUT2D eigenvalue weighted by Gasteiger charge is 2.18. The lowest BCUT2D eigenvalue weighted by Crippen LogP contribution is -2.18. The number of carbonyl (C=O) groups is 2. The van der Waals surface area contributed by atoms with Crippen LogP contribution in [0.25, 0.3) is 5.65 Å². The zero-order valence-corrected chi connectivity index (χ0v) is 19.4. The van der Waals surface area contributed by atoms with Crippen LogP contribution in [0.4, 0.5) is 11.5 Å². The summed E-state index contributed by atoms with van der Waals surface area (Å²) in [5, 5.41) is 12.1. The van der Waals surface area contributed by atoms with Crippen LogP contribution in [0.1, 0.15) is 39.3 Å². The predicted molar refractivity (Wildman–Crippen MR) is 132 cm³/mol. The SMILES string of the molecule is Cc1ccc(C(=O)Nc2ccc(Cc3nc(N(C)C)c(CCC(=O)O)c4nccn34)cc2)cc1. The number of hydrogen-bond donors (Lipinski definition) is 2. The second-order valence-corrected chi connectivity index (χ2v) is 8.43. The van der Waals surface area contributed by atoms with Crippen LogP contribution in [0, 0.1) is 6.92 Å². The van der Waals surface area contributed by atoms with Gasteiger partial charge in [0.2, 0.25) is 0 Å². The van der Waals surface area contributed by atoms with Gasteiger partial charge in [-0.25, -0.2) is 9.97 Å². The molecule has 0 atom stereocenters. The maximum absolute atomic E-state index is 12.5. The number of nitrogens with one attached hydrogen (secondary N) is 1. The summed E-state index contributed by atoms with van der Waals surface area (Å²) < 4.78 is 1.91. The van der Waals surface area contributed by atoms with Crippen molar-refractivity contribution in [3.8, 4) is 0 Å². The molecule has 0 aliphatic carbocycles. The number of aromatic nitrogens is 3. The van der Waals surface area contributed by atoms with E-state index >= 15 is 0 Å². The van der Waals surface area contributed by atoms with Crippen molar-refractivity contribution < 1.29 is 14.7 Å². The Hall–Kier alpha value is -4.20. The summed E-state index contributed by atoms with van der Waals surface area (Å²) in [4.78, 5) is 34.8. The van der Waals surface area contributed by atoms with Crippen molar-refractivity contribution in [3.05, 3.63) is 89.0 Å². The van der Waals surface area contributed by atoms with Gasteiger partial charge in [-0.3, -0.25) is 14.0 Å². The van der Waals surface area contributed by atoms with E-state index in [1.54, 1.807) is 6.20 Å². The standard InChI is InChI=1S/C26H27N5O3/c1-17-4-8-19(9-5-17)26(34)28-20-10-6-18(7-11-20)16-22-29-25(30(2)3)21(12-13-23(32)33)24-27-14-15-31(22)24/h4-11,14-15H,12-13,16H2,1-3H3,(H,28,34)(H,32,33). The number of aryl methyl sites for hydroxylation is 2. The van der Waals surface area contributed by atoms with Gasteiger partial charge in [-0.15, -0.1) is 0 Å². The molecule has 0 fully saturated rings. The summed E-state index contributed by atoms with van der Waals surface area (Å²) in [6, 6.07) is 15.1. The molecule has 2 N–H and O–H groups in total. The first-order valence-corrected chi connectivity index (χ1v) is 11.0. The zero-order valence-electron chi connectivity index (χ0n) is 19.4. The number of imidazole rings is 1. The Kier molecular flexibility index (Phi) is 6.58. The van der Waals surface area contributed by atoms with Crippen LogP contribution in [-0.2, 0) is 17.6 Å². The molecule has 4 rings (SSSR count). The van der Waals surface area contributed by atoms with Gasteiger partial charge in [-0.1, -0.05) is 29.8 Å². The average molecular weight is 458 g/mol. The number of amides is 1. The van der Waals surface area contributed by atoms with Crippen molar-refractivity contribution in [1.29, 1.82) is 0 Å². The van der Waals surface area contributed by atoms with Gasteiger partial charge >= 0.3 is 5.97 Å². The maximum Gasteiger partial charge on any atom is 0.303 e. The third kappa shape index (κ3) is 5.06. The van der Waals surface area contributed by atoms with E-state index in [1.807, 2.05) is 85.0 Å². The fourth-order valence-electron chi connectivity index (χ4n) is 3.83. The molecule has 2 aromatic carbocycles. The Balaban J connectivity index is 1.56. The summed E-state index contributed by atoms with van der Waals surface area (Å²) >= 11 is 0. The Morgan fingerprint density at radius 1 is 1.06 bits per heavy atom. The molecule has 0 spiro atoms. The molecule has 1 amide bonds. The van der Waals surface area contributed by atoms with Gasteiger partial charge < -0.3 is 15.3 Å². The van der Waals surface area contributed by atoms with Crippen LogP contribution in [0.3, 0.4) is 0 Å². The lowest BCUT2D eigenvalue weighted by molar-refractivity contribution is -0.136. The van der Waals surface area contributed by atoms with E-state index in [4.69, 9.17) is 10.1 Å². The minimum atomic E-state index is -0.854. The van der Waals surface area contributed by atoms with E-state index in [0.717, 1.165) is 34.0 Å². The molecule has 2 aromatic heterocycles. The van der Waals surface area contributed by atoms with Crippen LogP contribution in [0.5, 0.6) is 0 Å². The van der Waals surface area contributed by atoms with Crippen molar-refractivity contribution in [2.45, 2.75) is 26.2 Å². The molecule has 8 heteroatoms. The monoisotopic (exact) mass is 457 g/mol. The molecular formula is C26H27N5O3.